The summed E-state index contributed by atoms with van der Waals surface area (Å²) in [5.74, 6) is -0.237. The summed E-state index contributed by atoms with van der Waals surface area (Å²) in [6.07, 6.45) is 2.56. The van der Waals surface area contributed by atoms with Gasteiger partial charge in [-0.2, -0.15) is 0 Å². The Morgan fingerprint density at radius 2 is 1.96 bits per heavy atom. The van der Waals surface area contributed by atoms with Crippen LogP contribution in [-0.4, -0.2) is 30.1 Å². The molecular formula is C18H18ClN3O3S. The van der Waals surface area contributed by atoms with Crippen molar-refractivity contribution in [1.29, 1.82) is 0 Å². The molecule has 1 amide bonds. The molecule has 0 aliphatic carbocycles. The van der Waals surface area contributed by atoms with E-state index in [1.807, 2.05) is 19.1 Å². The second-order valence-corrected chi connectivity index (χ2v) is 8.59. The number of nitrogens with zero attached hydrogens (tertiary/aromatic N) is 2. The SMILES string of the molecule is C[C@H](NC(=O)c1cc2ccc(Cl)cc2n1C)c1ccc(S(C)(=O)=O)nc1. The quantitative estimate of drug-likeness (QED) is 0.740. The zero-order valence-electron chi connectivity index (χ0n) is 14.5. The van der Waals surface area contributed by atoms with Crippen LogP contribution in [0.3, 0.4) is 0 Å². The molecule has 1 atom stereocenters. The number of carbonyl (C=O) groups is 1. The number of aryl methyl sites for hydroxylation is 1. The van der Waals surface area contributed by atoms with E-state index in [-0.39, 0.29) is 17.0 Å². The summed E-state index contributed by atoms with van der Waals surface area (Å²) in [6.45, 7) is 1.81. The van der Waals surface area contributed by atoms with Crippen LogP contribution in [0.1, 0.15) is 29.0 Å². The Bertz CT molecular complexity index is 1090. The van der Waals surface area contributed by atoms with Crippen LogP contribution in [0.4, 0.5) is 0 Å². The summed E-state index contributed by atoms with van der Waals surface area (Å²) < 4.78 is 24.7. The number of aromatic nitrogens is 2. The van der Waals surface area contributed by atoms with E-state index in [4.69, 9.17) is 11.6 Å². The number of halogens is 1. The molecule has 6 nitrogen and oxygen atoms in total. The average molecular weight is 392 g/mol. The molecule has 0 saturated heterocycles. The van der Waals surface area contributed by atoms with E-state index < -0.39 is 9.84 Å². The molecule has 0 bridgehead atoms. The highest BCUT2D eigenvalue weighted by molar-refractivity contribution is 7.90. The van der Waals surface area contributed by atoms with Crippen molar-refractivity contribution in [3.8, 4) is 0 Å². The van der Waals surface area contributed by atoms with Gasteiger partial charge in [0.25, 0.3) is 5.91 Å². The van der Waals surface area contributed by atoms with Gasteiger partial charge in [0.15, 0.2) is 14.9 Å². The largest absolute Gasteiger partial charge is 0.344 e. The van der Waals surface area contributed by atoms with Crippen LogP contribution in [-0.2, 0) is 16.9 Å². The normalized spacial score (nSPS) is 12.9. The van der Waals surface area contributed by atoms with Crippen LogP contribution in [0.15, 0.2) is 47.6 Å². The highest BCUT2D eigenvalue weighted by Crippen LogP contribution is 2.23. The highest BCUT2D eigenvalue weighted by Gasteiger charge is 2.17. The van der Waals surface area contributed by atoms with Gasteiger partial charge in [0.1, 0.15) is 5.69 Å². The lowest BCUT2D eigenvalue weighted by Crippen LogP contribution is -2.28. The molecule has 2 heterocycles. The molecule has 2 aromatic heterocycles. The summed E-state index contributed by atoms with van der Waals surface area (Å²) in [7, 11) is -1.54. The number of hydrogen-bond acceptors (Lipinski definition) is 4. The van der Waals surface area contributed by atoms with E-state index >= 15 is 0 Å². The number of benzene rings is 1. The van der Waals surface area contributed by atoms with Gasteiger partial charge < -0.3 is 9.88 Å². The first-order chi connectivity index (χ1) is 12.2. The van der Waals surface area contributed by atoms with Crippen molar-refractivity contribution in [3.63, 3.8) is 0 Å². The van der Waals surface area contributed by atoms with E-state index in [0.29, 0.717) is 16.3 Å². The molecule has 0 saturated carbocycles. The van der Waals surface area contributed by atoms with E-state index in [0.717, 1.165) is 17.2 Å². The van der Waals surface area contributed by atoms with E-state index in [1.165, 1.54) is 12.3 Å². The van der Waals surface area contributed by atoms with Gasteiger partial charge in [-0.1, -0.05) is 23.7 Å². The number of sulfone groups is 1. The summed E-state index contributed by atoms with van der Waals surface area (Å²) in [6, 6.07) is 10.0. The second kappa shape index (κ2) is 6.74. The Kier molecular flexibility index (Phi) is 4.77. The van der Waals surface area contributed by atoms with Crippen LogP contribution in [0.5, 0.6) is 0 Å². The third kappa shape index (κ3) is 3.59. The highest BCUT2D eigenvalue weighted by atomic mass is 35.5. The zero-order valence-corrected chi connectivity index (χ0v) is 16.1. The van der Waals surface area contributed by atoms with E-state index in [2.05, 4.69) is 10.3 Å². The standard InChI is InChI=1S/C18H18ClN3O3S/c1-11(13-5-7-17(20-10-13)26(3,24)25)21-18(23)16-8-12-4-6-14(19)9-15(12)22(16)2/h4-11H,1-3H3,(H,21,23)/t11-/m0/s1. The first kappa shape index (κ1) is 18.4. The summed E-state index contributed by atoms with van der Waals surface area (Å²) in [5, 5.41) is 4.44. The molecule has 1 aromatic carbocycles. The van der Waals surface area contributed by atoms with Gasteiger partial charge in [0, 0.05) is 35.4 Å². The van der Waals surface area contributed by atoms with Crippen LogP contribution in [0.2, 0.25) is 5.02 Å². The summed E-state index contributed by atoms with van der Waals surface area (Å²) in [4.78, 5) is 16.6. The van der Waals surface area contributed by atoms with Gasteiger partial charge in [-0.15, -0.1) is 0 Å². The number of pyridine rings is 1. The van der Waals surface area contributed by atoms with Crippen molar-refractivity contribution >= 4 is 38.2 Å². The Balaban J connectivity index is 1.82. The molecule has 0 spiro atoms. The van der Waals surface area contributed by atoms with Crippen molar-refractivity contribution in [2.75, 3.05) is 6.26 Å². The van der Waals surface area contributed by atoms with Crippen LogP contribution >= 0.6 is 11.6 Å². The first-order valence-corrected chi connectivity index (χ1v) is 10.2. The molecule has 8 heteroatoms. The van der Waals surface area contributed by atoms with Crippen molar-refractivity contribution < 1.29 is 13.2 Å². The number of hydrogen-bond donors (Lipinski definition) is 1. The predicted molar refractivity (Wildman–Crippen MR) is 101 cm³/mol. The minimum Gasteiger partial charge on any atom is -0.344 e. The lowest BCUT2D eigenvalue weighted by molar-refractivity contribution is 0.0932. The lowest BCUT2D eigenvalue weighted by Gasteiger charge is -2.14. The zero-order chi connectivity index (χ0) is 19.1. The molecule has 0 aliphatic heterocycles. The topological polar surface area (TPSA) is 81.1 Å². The number of rotatable bonds is 4. The first-order valence-electron chi connectivity index (χ1n) is 7.88. The fourth-order valence-corrected chi connectivity index (χ4v) is 3.47. The van der Waals surface area contributed by atoms with Crippen LogP contribution < -0.4 is 5.32 Å². The van der Waals surface area contributed by atoms with Gasteiger partial charge in [-0.05, 0) is 36.8 Å². The number of carbonyl (C=O) groups excluding carboxylic acids is 1. The molecule has 136 valence electrons. The van der Waals surface area contributed by atoms with Crippen molar-refractivity contribution in [1.82, 2.24) is 14.9 Å². The van der Waals surface area contributed by atoms with E-state index in [1.54, 1.807) is 29.8 Å². The molecule has 0 aliphatic rings. The monoisotopic (exact) mass is 391 g/mol. The Hall–Kier alpha value is -2.38. The third-order valence-corrected chi connectivity index (χ3v) is 5.46. The number of nitrogens with one attached hydrogen (secondary N) is 1. The fraction of sp³-hybridized carbons (Fsp3) is 0.222. The Labute approximate surface area is 156 Å². The van der Waals surface area contributed by atoms with Crippen LogP contribution in [0.25, 0.3) is 10.9 Å². The molecule has 0 radical (unpaired) electrons. The van der Waals surface area contributed by atoms with Crippen LogP contribution in [0, 0.1) is 0 Å². The maximum absolute atomic E-state index is 12.6. The Morgan fingerprint density at radius 3 is 2.58 bits per heavy atom. The van der Waals surface area contributed by atoms with Gasteiger partial charge in [-0.25, -0.2) is 13.4 Å². The second-order valence-electron chi connectivity index (χ2n) is 6.19. The van der Waals surface area contributed by atoms with Gasteiger partial charge in [-0.3, -0.25) is 4.79 Å². The fourth-order valence-electron chi connectivity index (χ4n) is 2.74. The van der Waals surface area contributed by atoms with Crippen molar-refractivity contribution in [3.05, 3.63) is 58.9 Å². The van der Waals surface area contributed by atoms with E-state index in [9.17, 15) is 13.2 Å². The molecular weight excluding hydrogens is 374 g/mol. The number of amides is 1. The van der Waals surface area contributed by atoms with Gasteiger partial charge >= 0.3 is 0 Å². The minimum atomic E-state index is -3.35. The predicted octanol–water partition coefficient (Wildman–Crippen LogP) is 3.12. The lowest BCUT2D eigenvalue weighted by atomic mass is 10.1. The maximum Gasteiger partial charge on any atom is 0.268 e. The average Bonchev–Trinajstić information content (AvgIpc) is 2.91. The van der Waals surface area contributed by atoms with Gasteiger partial charge in [0.2, 0.25) is 0 Å². The number of fused-ring (bicyclic) bond motifs is 1. The third-order valence-electron chi connectivity index (χ3n) is 4.23. The molecule has 0 unspecified atom stereocenters. The van der Waals surface area contributed by atoms with Crippen molar-refractivity contribution in [2.45, 2.75) is 18.0 Å². The molecule has 3 aromatic rings. The smallest absolute Gasteiger partial charge is 0.268 e. The molecule has 0 fully saturated rings. The van der Waals surface area contributed by atoms with Crippen molar-refractivity contribution in [2.24, 2.45) is 7.05 Å². The molecule has 1 N–H and O–H groups in total. The minimum absolute atomic E-state index is 0.00494. The Morgan fingerprint density at radius 1 is 1.23 bits per heavy atom. The molecule has 3 rings (SSSR count). The summed E-state index contributed by atoms with van der Waals surface area (Å²) in [5.41, 5.74) is 2.09. The van der Waals surface area contributed by atoms with Gasteiger partial charge in [0.05, 0.1) is 6.04 Å². The molecule has 26 heavy (non-hydrogen) atoms. The maximum atomic E-state index is 12.6. The summed E-state index contributed by atoms with van der Waals surface area (Å²) >= 11 is 6.02.